The summed E-state index contributed by atoms with van der Waals surface area (Å²) in [5, 5.41) is 0. The molecular formula is C10H12F. The minimum absolute atomic E-state index is 0.743. The van der Waals surface area contributed by atoms with E-state index in [2.05, 4.69) is 0 Å². The number of hydrogen-bond acceptors (Lipinski definition) is 0. The minimum atomic E-state index is -0.906. The van der Waals surface area contributed by atoms with Crippen LogP contribution in [0.5, 0.6) is 0 Å². The van der Waals surface area contributed by atoms with Crippen LogP contribution in [0.15, 0.2) is 30.3 Å². The van der Waals surface area contributed by atoms with E-state index in [1.54, 1.807) is 26.0 Å². The summed E-state index contributed by atoms with van der Waals surface area (Å²) in [6.45, 7) is 3.61. The van der Waals surface area contributed by atoms with Gasteiger partial charge in [0.1, 0.15) is 6.17 Å². The third-order valence-electron chi connectivity index (χ3n) is 1.60. The molecule has 1 aromatic rings. The fourth-order valence-electron chi connectivity index (χ4n) is 0.955. The molecule has 0 saturated carbocycles. The second-order valence-electron chi connectivity index (χ2n) is 2.85. The van der Waals surface area contributed by atoms with Crippen molar-refractivity contribution in [3.8, 4) is 0 Å². The second-order valence-corrected chi connectivity index (χ2v) is 2.85. The highest BCUT2D eigenvalue weighted by molar-refractivity contribution is 5.21. The van der Waals surface area contributed by atoms with Gasteiger partial charge >= 0.3 is 0 Å². The number of hydrogen-bond donors (Lipinski definition) is 0. The van der Waals surface area contributed by atoms with Gasteiger partial charge in [-0.15, -0.1) is 0 Å². The van der Waals surface area contributed by atoms with Crippen molar-refractivity contribution in [2.75, 3.05) is 0 Å². The van der Waals surface area contributed by atoms with E-state index in [0.717, 1.165) is 11.5 Å². The highest BCUT2D eigenvalue weighted by Gasteiger charge is 2.13. The lowest BCUT2D eigenvalue weighted by Crippen LogP contribution is -1.97. The van der Waals surface area contributed by atoms with Crippen LogP contribution in [0.2, 0.25) is 0 Å². The van der Waals surface area contributed by atoms with E-state index in [1.165, 1.54) is 0 Å². The summed E-state index contributed by atoms with van der Waals surface area (Å²) in [6, 6.07) is 9.20. The Bertz CT molecular complexity index is 203. The average molecular weight is 151 g/mol. The van der Waals surface area contributed by atoms with Crippen LogP contribution in [0, 0.1) is 5.92 Å². The lowest BCUT2D eigenvalue weighted by atomic mass is 10.0. The first-order chi connectivity index (χ1) is 5.22. The normalized spacial score (nSPS) is 13.5. The van der Waals surface area contributed by atoms with E-state index in [-0.39, 0.29) is 0 Å². The van der Waals surface area contributed by atoms with Gasteiger partial charge in [0.2, 0.25) is 0 Å². The molecule has 1 heteroatoms. The summed E-state index contributed by atoms with van der Waals surface area (Å²) < 4.78 is 13.2. The predicted molar refractivity (Wildman–Crippen MR) is 44.9 cm³/mol. The summed E-state index contributed by atoms with van der Waals surface area (Å²) in [7, 11) is 0. The maximum absolute atomic E-state index is 13.2. The molecule has 0 aliphatic carbocycles. The molecule has 0 heterocycles. The Labute approximate surface area is 67.1 Å². The van der Waals surface area contributed by atoms with Gasteiger partial charge in [-0.25, -0.2) is 4.39 Å². The molecule has 0 bridgehead atoms. The molecule has 1 aromatic carbocycles. The number of halogens is 1. The van der Waals surface area contributed by atoms with E-state index < -0.39 is 6.17 Å². The summed E-state index contributed by atoms with van der Waals surface area (Å²) in [5.74, 6) is 0.802. The SMILES string of the molecule is C[C](C)C(F)c1ccccc1. The largest absolute Gasteiger partial charge is 0.242 e. The van der Waals surface area contributed by atoms with Gasteiger partial charge in [0.05, 0.1) is 0 Å². The summed E-state index contributed by atoms with van der Waals surface area (Å²) in [5.41, 5.74) is 0.743. The Kier molecular flexibility index (Phi) is 2.64. The quantitative estimate of drug-likeness (QED) is 0.608. The zero-order valence-corrected chi connectivity index (χ0v) is 6.84. The molecule has 1 rings (SSSR count). The first kappa shape index (κ1) is 8.25. The third-order valence-corrected chi connectivity index (χ3v) is 1.60. The van der Waals surface area contributed by atoms with Crippen molar-refractivity contribution in [3.63, 3.8) is 0 Å². The molecule has 1 unspecified atom stereocenters. The fourth-order valence-corrected chi connectivity index (χ4v) is 0.955. The second kappa shape index (κ2) is 3.51. The van der Waals surface area contributed by atoms with Gasteiger partial charge in [-0.1, -0.05) is 44.2 Å². The Morgan fingerprint density at radius 3 is 2.18 bits per heavy atom. The van der Waals surface area contributed by atoms with Crippen LogP contribution in [0.4, 0.5) is 4.39 Å². The maximum Gasteiger partial charge on any atom is 0.131 e. The molecular weight excluding hydrogens is 139 g/mol. The fraction of sp³-hybridized carbons (Fsp3) is 0.300. The topological polar surface area (TPSA) is 0 Å². The Morgan fingerprint density at radius 1 is 1.18 bits per heavy atom. The smallest absolute Gasteiger partial charge is 0.131 e. The highest BCUT2D eigenvalue weighted by Crippen LogP contribution is 2.26. The Morgan fingerprint density at radius 2 is 1.73 bits per heavy atom. The van der Waals surface area contributed by atoms with Gasteiger partial charge in [0, 0.05) is 5.92 Å². The minimum Gasteiger partial charge on any atom is -0.242 e. The van der Waals surface area contributed by atoms with Gasteiger partial charge in [-0.3, -0.25) is 0 Å². The van der Waals surface area contributed by atoms with E-state index in [4.69, 9.17) is 0 Å². The molecule has 11 heavy (non-hydrogen) atoms. The van der Waals surface area contributed by atoms with Crippen molar-refractivity contribution in [2.45, 2.75) is 20.0 Å². The maximum atomic E-state index is 13.2. The zero-order chi connectivity index (χ0) is 8.27. The summed E-state index contributed by atoms with van der Waals surface area (Å²) in [4.78, 5) is 0. The predicted octanol–water partition coefficient (Wildman–Crippen LogP) is 3.31. The average Bonchev–Trinajstić information content (AvgIpc) is 2.05. The molecule has 0 spiro atoms. The number of alkyl halides is 1. The van der Waals surface area contributed by atoms with E-state index in [0.29, 0.717) is 0 Å². The van der Waals surface area contributed by atoms with Gasteiger partial charge in [-0.2, -0.15) is 0 Å². The van der Waals surface area contributed by atoms with Crippen LogP contribution < -0.4 is 0 Å². The molecule has 0 nitrogen and oxygen atoms in total. The third kappa shape index (κ3) is 2.04. The monoisotopic (exact) mass is 151 g/mol. The van der Waals surface area contributed by atoms with Crippen LogP contribution in [0.3, 0.4) is 0 Å². The molecule has 0 aromatic heterocycles. The van der Waals surface area contributed by atoms with Crippen molar-refractivity contribution in [1.82, 2.24) is 0 Å². The van der Waals surface area contributed by atoms with E-state index in [1.807, 2.05) is 18.2 Å². The standard InChI is InChI=1S/C10H12F/c1-8(2)10(11)9-6-4-3-5-7-9/h3-7,10H,1-2H3. The molecule has 0 amide bonds. The van der Waals surface area contributed by atoms with Crippen LogP contribution >= 0.6 is 0 Å². The van der Waals surface area contributed by atoms with Crippen molar-refractivity contribution < 1.29 is 4.39 Å². The highest BCUT2D eigenvalue weighted by atomic mass is 19.1. The lowest BCUT2D eigenvalue weighted by Gasteiger charge is -2.10. The summed E-state index contributed by atoms with van der Waals surface area (Å²) >= 11 is 0. The van der Waals surface area contributed by atoms with Crippen molar-refractivity contribution in [2.24, 2.45) is 0 Å². The van der Waals surface area contributed by atoms with Crippen LogP contribution in [-0.2, 0) is 0 Å². The van der Waals surface area contributed by atoms with Crippen LogP contribution in [0.1, 0.15) is 25.6 Å². The van der Waals surface area contributed by atoms with Gasteiger partial charge in [0.25, 0.3) is 0 Å². The van der Waals surface area contributed by atoms with Crippen molar-refractivity contribution >= 4 is 0 Å². The van der Waals surface area contributed by atoms with E-state index in [9.17, 15) is 4.39 Å². The van der Waals surface area contributed by atoms with Crippen LogP contribution in [-0.4, -0.2) is 0 Å². The Balaban J connectivity index is 2.77. The van der Waals surface area contributed by atoms with Crippen molar-refractivity contribution in [3.05, 3.63) is 41.8 Å². The molecule has 1 radical (unpaired) electrons. The number of benzene rings is 1. The molecule has 59 valence electrons. The Hall–Kier alpha value is -0.850. The molecule has 0 N–H and O–H groups in total. The lowest BCUT2D eigenvalue weighted by molar-refractivity contribution is 0.360. The van der Waals surface area contributed by atoms with Crippen molar-refractivity contribution in [1.29, 1.82) is 0 Å². The summed E-state index contributed by atoms with van der Waals surface area (Å²) in [6.07, 6.45) is -0.906. The molecule has 0 aliphatic heterocycles. The molecule has 0 saturated heterocycles. The van der Waals surface area contributed by atoms with Gasteiger partial charge < -0.3 is 0 Å². The molecule has 1 atom stereocenters. The molecule has 0 aliphatic rings. The molecule has 0 fully saturated rings. The zero-order valence-electron chi connectivity index (χ0n) is 6.84. The van der Waals surface area contributed by atoms with Crippen LogP contribution in [0.25, 0.3) is 0 Å². The van der Waals surface area contributed by atoms with Gasteiger partial charge in [-0.05, 0) is 5.56 Å². The van der Waals surface area contributed by atoms with E-state index >= 15 is 0 Å². The first-order valence-electron chi connectivity index (χ1n) is 3.71. The number of rotatable bonds is 2. The van der Waals surface area contributed by atoms with Gasteiger partial charge in [0.15, 0.2) is 0 Å². The first-order valence-corrected chi connectivity index (χ1v) is 3.71.